The molecule has 0 bridgehead atoms. The minimum Gasteiger partial charge on any atom is -0.475 e. The van der Waals surface area contributed by atoms with Crippen molar-refractivity contribution < 1.29 is 23.1 Å². The van der Waals surface area contributed by atoms with Crippen LogP contribution in [0.25, 0.3) is 0 Å². The number of hydrogen-bond acceptors (Lipinski definition) is 4. The fourth-order valence-corrected chi connectivity index (χ4v) is 1.97. The van der Waals surface area contributed by atoms with Crippen LogP contribution < -0.4 is 5.32 Å². The molecule has 8 heteroatoms. The summed E-state index contributed by atoms with van der Waals surface area (Å²) in [4.78, 5) is 13.9. The molecule has 0 spiro atoms. The van der Waals surface area contributed by atoms with E-state index >= 15 is 0 Å². The van der Waals surface area contributed by atoms with Crippen molar-refractivity contribution >= 4 is 5.97 Å². The third-order valence-electron chi connectivity index (χ3n) is 3.36. The van der Waals surface area contributed by atoms with Crippen LogP contribution in [0.15, 0.2) is 0 Å². The Morgan fingerprint density at radius 1 is 1.30 bits per heavy atom. The number of carboxylic acid groups (broad SMARTS) is 1. The zero-order valence-electron chi connectivity index (χ0n) is 12.4. The SMILES string of the molecule is CNCCN1C[C@@H](C)N(C)[C@@H](C)C1.O=C(O)C(F)(F)F. The summed E-state index contributed by atoms with van der Waals surface area (Å²) in [5, 5.41) is 10.3. The van der Waals surface area contributed by atoms with Crippen molar-refractivity contribution in [3.05, 3.63) is 0 Å². The lowest BCUT2D eigenvalue weighted by Gasteiger charge is -2.42. The van der Waals surface area contributed by atoms with E-state index in [2.05, 4.69) is 36.0 Å². The predicted molar refractivity (Wildman–Crippen MR) is 70.7 cm³/mol. The number of nitrogens with one attached hydrogen (secondary N) is 1. The first-order valence-electron chi connectivity index (χ1n) is 6.48. The molecule has 1 aliphatic heterocycles. The molecule has 0 saturated carbocycles. The van der Waals surface area contributed by atoms with Crippen molar-refractivity contribution in [2.24, 2.45) is 0 Å². The summed E-state index contributed by atoms with van der Waals surface area (Å²) in [7, 11) is 4.24. The topological polar surface area (TPSA) is 55.8 Å². The molecule has 1 saturated heterocycles. The second-order valence-electron chi connectivity index (χ2n) is 5.03. The summed E-state index contributed by atoms with van der Waals surface area (Å²) in [5.41, 5.74) is 0. The van der Waals surface area contributed by atoms with Crippen LogP contribution >= 0.6 is 0 Å². The summed E-state index contributed by atoms with van der Waals surface area (Å²) in [5.74, 6) is -2.76. The normalized spacial score (nSPS) is 24.9. The highest BCUT2D eigenvalue weighted by Gasteiger charge is 2.38. The second-order valence-corrected chi connectivity index (χ2v) is 5.03. The van der Waals surface area contributed by atoms with Gasteiger partial charge in [0.1, 0.15) is 0 Å². The van der Waals surface area contributed by atoms with Crippen molar-refractivity contribution in [1.29, 1.82) is 0 Å². The van der Waals surface area contributed by atoms with Gasteiger partial charge in [0.15, 0.2) is 0 Å². The fourth-order valence-electron chi connectivity index (χ4n) is 1.97. The fraction of sp³-hybridized carbons (Fsp3) is 0.917. The molecule has 5 nitrogen and oxygen atoms in total. The van der Waals surface area contributed by atoms with Crippen LogP contribution in [0.4, 0.5) is 13.2 Å². The standard InChI is InChI=1S/C10H23N3.C2HF3O2/c1-9-7-13(6-5-11-3)8-10(2)12(9)4;3-2(4,5)1(6)7/h9-11H,5-8H2,1-4H3;(H,6,7)/t9-,10+;. The van der Waals surface area contributed by atoms with Gasteiger partial charge in [-0.15, -0.1) is 0 Å². The zero-order chi connectivity index (χ0) is 15.9. The van der Waals surface area contributed by atoms with E-state index in [0.717, 1.165) is 6.54 Å². The van der Waals surface area contributed by atoms with E-state index in [4.69, 9.17) is 9.90 Å². The monoisotopic (exact) mass is 299 g/mol. The lowest BCUT2D eigenvalue weighted by Crippen LogP contribution is -2.55. The molecule has 0 radical (unpaired) electrons. The summed E-state index contributed by atoms with van der Waals surface area (Å²) >= 11 is 0. The van der Waals surface area contributed by atoms with Gasteiger partial charge in [-0.3, -0.25) is 9.80 Å². The molecule has 1 fully saturated rings. The number of alkyl halides is 3. The van der Waals surface area contributed by atoms with Gasteiger partial charge in [-0.25, -0.2) is 4.79 Å². The molecule has 1 aliphatic rings. The third-order valence-corrected chi connectivity index (χ3v) is 3.36. The average Bonchev–Trinajstić information content (AvgIpc) is 2.32. The van der Waals surface area contributed by atoms with Gasteiger partial charge in [0.25, 0.3) is 0 Å². The van der Waals surface area contributed by atoms with Gasteiger partial charge in [-0.2, -0.15) is 13.2 Å². The molecule has 1 rings (SSSR count). The molecule has 0 aromatic heterocycles. The molecule has 120 valence electrons. The molecule has 0 unspecified atom stereocenters. The van der Waals surface area contributed by atoms with Crippen molar-refractivity contribution in [2.75, 3.05) is 40.3 Å². The molecular weight excluding hydrogens is 275 g/mol. The smallest absolute Gasteiger partial charge is 0.475 e. The van der Waals surface area contributed by atoms with Gasteiger partial charge >= 0.3 is 12.1 Å². The highest BCUT2D eigenvalue weighted by atomic mass is 19.4. The van der Waals surface area contributed by atoms with Crippen LogP contribution in [-0.4, -0.2) is 79.4 Å². The highest BCUT2D eigenvalue weighted by molar-refractivity contribution is 5.73. The number of nitrogens with zero attached hydrogens (tertiary/aromatic N) is 2. The Morgan fingerprint density at radius 3 is 2.00 bits per heavy atom. The van der Waals surface area contributed by atoms with E-state index in [1.807, 2.05) is 7.05 Å². The molecule has 2 N–H and O–H groups in total. The Hall–Kier alpha value is -0.860. The van der Waals surface area contributed by atoms with Gasteiger partial charge in [0, 0.05) is 38.3 Å². The Balaban J connectivity index is 0.000000441. The number of likely N-dealkylation sites (N-methyl/N-ethyl adjacent to an activating group) is 2. The Kier molecular flexibility index (Phi) is 8.07. The quantitative estimate of drug-likeness (QED) is 0.810. The second kappa shape index (κ2) is 8.43. The van der Waals surface area contributed by atoms with Crippen LogP contribution in [0.3, 0.4) is 0 Å². The maximum Gasteiger partial charge on any atom is 0.490 e. The summed E-state index contributed by atoms with van der Waals surface area (Å²) in [6.45, 7) is 9.32. The van der Waals surface area contributed by atoms with Gasteiger partial charge < -0.3 is 10.4 Å². The molecule has 2 atom stereocenters. The first-order chi connectivity index (χ1) is 9.09. The number of halogens is 3. The van der Waals surface area contributed by atoms with Crippen LogP contribution in [0.2, 0.25) is 0 Å². The molecule has 0 aromatic rings. The summed E-state index contributed by atoms with van der Waals surface area (Å²) in [6, 6.07) is 1.39. The first-order valence-corrected chi connectivity index (χ1v) is 6.48. The van der Waals surface area contributed by atoms with Crippen molar-refractivity contribution in [3.63, 3.8) is 0 Å². The number of aliphatic carboxylic acids is 1. The van der Waals surface area contributed by atoms with E-state index in [0.29, 0.717) is 12.1 Å². The first kappa shape index (κ1) is 19.1. The lowest BCUT2D eigenvalue weighted by atomic mass is 10.1. The molecule has 0 aromatic carbocycles. The number of carbonyl (C=O) groups is 1. The molecule has 20 heavy (non-hydrogen) atoms. The highest BCUT2D eigenvalue weighted by Crippen LogP contribution is 2.13. The maximum absolute atomic E-state index is 10.6. The van der Waals surface area contributed by atoms with Crippen LogP contribution in [-0.2, 0) is 4.79 Å². The lowest BCUT2D eigenvalue weighted by molar-refractivity contribution is -0.192. The molecule has 1 heterocycles. The summed E-state index contributed by atoms with van der Waals surface area (Å²) < 4.78 is 31.7. The predicted octanol–water partition coefficient (Wildman–Crippen LogP) is 0.863. The molecule has 0 amide bonds. The maximum atomic E-state index is 10.6. The van der Waals surface area contributed by atoms with E-state index in [1.165, 1.54) is 19.6 Å². The Bertz CT molecular complexity index is 288. The Labute approximate surface area is 117 Å². The van der Waals surface area contributed by atoms with Crippen LogP contribution in [0.5, 0.6) is 0 Å². The molecular formula is C12H24F3N3O2. The number of hydrogen-bond donors (Lipinski definition) is 2. The minimum atomic E-state index is -5.08. The largest absolute Gasteiger partial charge is 0.490 e. The van der Waals surface area contributed by atoms with Gasteiger partial charge in [0.2, 0.25) is 0 Å². The van der Waals surface area contributed by atoms with E-state index in [-0.39, 0.29) is 0 Å². The van der Waals surface area contributed by atoms with Gasteiger partial charge in [-0.1, -0.05) is 0 Å². The van der Waals surface area contributed by atoms with Crippen molar-refractivity contribution in [3.8, 4) is 0 Å². The van der Waals surface area contributed by atoms with E-state index < -0.39 is 12.1 Å². The van der Waals surface area contributed by atoms with Gasteiger partial charge in [-0.05, 0) is 27.9 Å². The minimum absolute atomic E-state index is 0.695. The average molecular weight is 299 g/mol. The Morgan fingerprint density at radius 2 is 1.70 bits per heavy atom. The zero-order valence-corrected chi connectivity index (χ0v) is 12.4. The van der Waals surface area contributed by atoms with Crippen LogP contribution in [0, 0.1) is 0 Å². The van der Waals surface area contributed by atoms with E-state index in [9.17, 15) is 13.2 Å². The number of piperazine rings is 1. The number of rotatable bonds is 3. The van der Waals surface area contributed by atoms with Crippen molar-refractivity contribution in [2.45, 2.75) is 32.1 Å². The van der Waals surface area contributed by atoms with Gasteiger partial charge in [0.05, 0.1) is 0 Å². The van der Waals surface area contributed by atoms with Crippen LogP contribution in [0.1, 0.15) is 13.8 Å². The molecule has 0 aliphatic carbocycles. The summed E-state index contributed by atoms with van der Waals surface area (Å²) in [6.07, 6.45) is -5.08. The van der Waals surface area contributed by atoms with E-state index in [1.54, 1.807) is 0 Å². The third kappa shape index (κ3) is 7.06. The number of carboxylic acids is 1. The van der Waals surface area contributed by atoms with Crippen molar-refractivity contribution in [1.82, 2.24) is 15.1 Å².